The van der Waals surface area contributed by atoms with Crippen LogP contribution in [0.4, 0.5) is 4.39 Å². The van der Waals surface area contributed by atoms with Crippen LogP contribution in [0.2, 0.25) is 0 Å². The Kier molecular flexibility index (Phi) is 6.56. The lowest BCUT2D eigenvalue weighted by Gasteiger charge is -2.34. The minimum absolute atomic E-state index is 0.0160. The fourth-order valence-electron chi connectivity index (χ4n) is 2.22. The highest BCUT2D eigenvalue weighted by Gasteiger charge is 2.31. The highest BCUT2D eigenvalue weighted by atomic mass is 32.2. The van der Waals surface area contributed by atoms with Gasteiger partial charge in [-0.3, -0.25) is 0 Å². The summed E-state index contributed by atoms with van der Waals surface area (Å²) in [4.78, 5) is 0.174. The van der Waals surface area contributed by atoms with Gasteiger partial charge < -0.3 is 19.9 Å². The Bertz CT molecular complexity index is 690. The van der Waals surface area contributed by atoms with Crippen LogP contribution in [0.25, 0.3) is 0 Å². The number of sulfone groups is 1. The van der Waals surface area contributed by atoms with Crippen LogP contribution >= 0.6 is 0 Å². The molecule has 1 heterocycles. The fraction of sp³-hybridized carbons (Fsp3) is 0.529. The predicted octanol–water partition coefficient (Wildman–Crippen LogP) is 1.85. The molecule has 0 unspecified atom stereocenters. The molecule has 0 saturated carbocycles. The minimum Gasteiger partial charge on any atom is -0.489 e. The Morgan fingerprint density at radius 3 is 2.60 bits per heavy atom. The fourth-order valence-corrected chi connectivity index (χ4v) is 3.64. The van der Waals surface area contributed by atoms with Crippen molar-refractivity contribution in [3.63, 3.8) is 0 Å². The topological polar surface area (TPSA) is 87.9 Å². The summed E-state index contributed by atoms with van der Waals surface area (Å²) in [6.45, 7) is 4.46. The quantitative estimate of drug-likeness (QED) is 0.785. The summed E-state index contributed by atoms with van der Waals surface area (Å²) in [5.74, 6) is 0.288. The normalized spacial score (nSPS) is 21.1. The van der Waals surface area contributed by atoms with Crippen molar-refractivity contribution in [1.82, 2.24) is 0 Å². The molecule has 2 rings (SSSR count). The number of rotatable bonds is 7. The van der Waals surface area contributed by atoms with Gasteiger partial charge in [0.15, 0.2) is 9.84 Å². The molecule has 1 fully saturated rings. The molecular formula is C17H24FNO5S. The zero-order valence-electron chi connectivity index (χ0n) is 14.4. The Hall–Kier alpha value is -1.48. The van der Waals surface area contributed by atoms with Gasteiger partial charge in [-0.2, -0.15) is 0 Å². The average Bonchev–Trinajstić information content (AvgIpc) is 2.58. The van der Waals surface area contributed by atoms with E-state index < -0.39 is 21.5 Å². The minimum atomic E-state index is -3.51. The summed E-state index contributed by atoms with van der Waals surface area (Å²) in [7, 11) is -3.51. The van der Waals surface area contributed by atoms with Gasteiger partial charge >= 0.3 is 0 Å². The summed E-state index contributed by atoms with van der Waals surface area (Å²) in [5.41, 5.74) is 5.27. The first kappa shape index (κ1) is 19.8. The van der Waals surface area contributed by atoms with Gasteiger partial charge in [0, 0.05) is 12.1 Å². The second-order valence-corrected chi connectivity index (χ2v) is 8.55. The Labute approximate surface area is 147 Å². The first-order valence-corrected chi connectivity index (χ1v) is 9.60. The van der Waals surface area contributed by atoms with E-state index in [-0.39, 0.29) is 30.4 Å². The molecule has 0 spiro atoms. The van der Waals surface area contributed by atoms with Crippen LogP contribution in [0, 0.1) is 0 Å². The van der Waals surface area contributed by atoms with Crippen LogP contribution in [-0.4, -0.2) is 52.2 Å². The van der Waals surface area contributed by atoms with Crippen molar-refractivity contribution >= 4 is 9.84 Å². The van der Waals surface area contributed by atoms with Gasteiger partial charge in [-0.25, -0.2) is 12.8 Å². The summed E-state index contributed by atoms with van der Waals surface area (Å²) < 4.78 is 53.9. The molecule has 1 atom stereocenters. The smallest absolute Gasteiger partial charge is 0.181 e. The summed E-state index contributed by atoms with van der Waals surface area (Å²) in [6.07, 6.45) is -0.0810. The second kappa shape index (κ2) is 8.27. The lowest BCUT2D eigenvalue weighted by atomic mass is 10.1. The monoisotopic (exact) mass is 373 g/mol. The molecule has 1 aliphatic rings. The van der Waals surface area contributed by atoms with Gasteiger partial charge in [-0.15, -0.1) is 0 Å². The molecule has 8 heteroatoms. The Morgan fingerprint density at radius 1 is 1.40 bits per heavy atom. The standard InChI is InChI=1S/C17H24FNO5S/c1-17(2)12-23-15(10-24-17)11-25(20,21)16-5-3-14(4-6-16)22-9-13(7-18)8-19/h3-7,15H,8-12,19H2,1-2H3/b13-7+/t15-/m1/s1. The summed E-state index contributed by atoms with van der Waals surface area (Å²) >= 11 is 0. The third kappa shape index (κ3) is 5.78. The van der Waals surface area contributed by atoms with E-state index in [0.717, 1.165) is 0 Å². The van der Waals surface area contributed by atoms with E-state index in [4.69, 9.17) is 19.9 Å². The van der Waals surface area contributed by atoms with Crippen LogP contribution < -0.4 is 10.5 Å². The third-order valence-electron chi connectivity index (χ3n) is 3.76. The molecule has 0 radical (unpaired) electrons. The Balaban J connectivity index is 1.96. The largest absolute Gasteiger partial charge is 0.489 e. The van der Waals surface area contributed by atoms with Gasteiger partial charge in [0.05, 0.1) is 41.9 Å². The maximum absolute atomic E-state index is 12.5. The van der Waals surface area contributed by atoms with Crippen LogP contribution in [0.5, 0.6) is 5.75 Å². The van der Waals surface area contributed by atoms with Crippen molar-refractivity contribution in [3.8, 4) is 5.75 Å². The second-order valence-electron chi connectivity index (χ2n) is 6.52. The molecule has 1 aromatic carbocycles. The van der Waals surface area contributed by atoms with Gasteiger partial charge in [0.25, 0.3) is 0 Å². The molecular weight excluding hydrogens is 349 g/mol. The predicted molar refractivity (Wildman–Crippen MR) is 92.0 cm³/mol. The molecule has 140 valence electrons. The first-order valence-electron chi connectivity index (χ1n) is 7.95. The molecule has 0 amide bonds. The van der Waals surface area contributed by atoms with Crippen molar-refractivity contribution in [2.24, 2.45) is 5.73 Å². The number of ether oxygens (including phenoxy) is 3. The molecule has 6 nitrogen and oxygen atoms in total. The summed E-state index contributed by atoms with van der Waals surface area (Å²) in [6, 6.07) is 5.97. The molecule has 2 N–H and O–H groups in total. The van der Waals surface area contributed by atoms with Crippen molar-refractivity contribution in [1.29, 1.82) is 0 Å². The maximum Gasteiger partial charge on any atom is 0.181 e. The highest BCUT2D eigenvalue weighted by molar-refractivity contribution is 7.91. The zero-order chi connectivity index (χ0) is 18.5. The SMILES string of the molecule is CC1(C)CO[C@@H](CS(=O)(=O)c2ccc(OC/C(=C/F)CN)cc2)CO1. The molecule has 0 bridgehead atoms. The molecule has 0 aliphatic carbocycles. The number of hydrogen-bond acceptors (Lipinski definition) is 6. The molecule has 1 saturated heterocycles. The highest BCUT2D eigenvalue weighted by Crippen LogP contribution is 2.22. The van der Waals surface area contributed by atoms with Gasteiger partial charge in [0.2, 0.25) is 0 Å². The van der Waals surface area contributed by atoms with E-state index in [1.165, 1.54) is 24.3 Å². The van der Waals surface area contributed by atoms with E-state index in [2.05, 4.69) is 0 Å². The molecule has 1 aliphatic heterocycles. The number of halogens is 1. The van der Waals surface area contributed by atoms with Crippen LogP contribution in [-0.2, 0) is 19.3 Å². The van der Waals surface area contributed by atoms with Gasteiger partial charge in [-0.1, -0.05) is 0 Å². The van der Waals surface area contributed by atoms with Crippen molar-refractivity contribution in [3.05, 3.63) is 36.2 Å². The molecule has 1 aromatic rings. The lowest BCUT2D eigenvalue weighted by Crippen LogP contribution is -2.44. The lowest BCUT2D eigenvalue weighted by molar-refractivity contribution is -0.167. The van der Waals surface area contributed by atoms with Crippen molar-refractivity contribution < 1.29 is 27.0 Å². The van der Waals surface area contributed by atoms with E-state index in [1.54, 1.807) is 0 Å². The maximum atomic E-state index is 12.5. The number of nitrogens with two attached hydrogens (primary N) is 1. The van der Waals surface area contributed by atoms with Crippen molar-refractivity contribution in [2.75, 3.05) is 32.1 Å². The van der Waals surface area contributed by atoms with E-state index >= 15 is 0 Å². The van der Waals surface area contributed by atoms with E-state index in [1.807, 2.05) is 13.8 Å². The number of benzene rings is 1. The van der Waals surface area contributed by atoms with E-state index in [9.17, 15) is 12.8 Å². The van der Waals surface area contributed by atoms with E-state index in [0.29, 0.717) is 24.3 Å². The van der Waals surface area contributed by atoms with Crippen LogP contribution in [0.1, 0.15) is 13.8 Å². The molecule has 0 aromatic heterocycles. The number of hydrogen-bond donors (Lipinski definition) is 1. The average molecular weight is 373 g/mol. The van der Waals surface area contributed by atoms with Crippen LogP contribution in [0.3, 0.4) is 0 Å². The summed E-state index contributed by atoms with van der Waals surface area (Å²) in [5, 5.41) is 0. The van der Waals surface area contributed by atoms with Gasteiger partial charge in [0.1, 0.15) is 12.4 Å². The zero-order valence-corrected chi connectivity index (χ0v) is 15.2. The Morgan fingerprint density at radius 2 is 2.08 bits per heavy atom. The van der Waals surface area contributed by atoms with Crippen molar-refractivity contribution in [2.45, 2.75) is 30.4 Å². The van der Waals surface area contributed by atoms with Crippen LogP contribution in [0.15, 0.2) is 41.1 Å². The third-order valence-corrected chi connectivity index (χ3v) is 5.56. The molecule has 25 heavy (non-hydrogen) atoms. The van der Waals surface area contributed by atoms with Gasteiger partial charge in [-0.05, 0) is 38.1 Å². The first-order chi connectivity index (χ1) is 11.8.